The number of rotatable bonds is 21. The highest BCUT2D eigenvalue weighted by Crippen LogP contribution is 2.41. The molecule has 0 spiro atoms. The topological polar surface area (TPSA) is 212 Å². The number of hydrogen-bond acceptors (Lipinski definition) is 14. The van der Waals surface area contributed by atoms with Gasteiger partial charge < -0.3 is 23.3 Å². The van der Waals surface area contributed by atoms with E-state index in [1.165, 1.54) is 101 Å². The number of fused-ring (bicyclic) bond motifs is 9. The van der Waals surface area contributed by atoms with Crippen molar-refractivity contribution in [3.05, 3.63) is 286 Å². The second kappa shape index (κ2) is 31.0. The lowest BCUT2D eigenvalue weighted by Gasteiger charge is -2.18. The molecule has 15 aromatic rings. The maximum Gasteiger partial charge on any atom is 0.134 e. The Morgan fingerprint density at radius 1 is 0.367 bits per heavy atom. The van der Waals surface area contributed by atoms with Gasteiger partial charge in [0.05, 0.1) is 91.7 Å². The van der Waals surface area contributed by atoms with Gasteiger partial charge >= 0.3 is 0 Å². The number of hydrogen-bond donors (Lipinski definition) is 0. The van der Waals surface area contributed by atoms with E-state index in [2.05, 4.69) is 200 Å². The Labute approximate surface area is 635 Å². The van der Waals surface area contributed by atoms with Gasteiger partial charge in [0.1, 0.15) is 17.5 Å². The minimum absolute atomic E-state index is 0.609. The van der Waals surface area contributed by atoms with Gasteiger partial charge in [-0.1, -0.05) is 72.8 Å². The Hall–Kier alpha value is -12.1. The van der Waals surface area contributed by atoms with Crippen LogP contribution in [0.3, 0.4) is 0 Å². The zero-order valence-corrected chi connectivity index (χ0v) is 63.9. The van der Waals surface area contributed by atoms with Crippen LogP contribution < -0.4 is 0 Å². The predicted octanol–water partition coefficient (Wildman–Crippen LogP) is 11.8. The van der Waals surface area contributed by atoms with Crippen molar-refractivity contribution in [2.45, 2.75) is 90.1 Å². The lowest BCUT2D eigenvalue weighted by atomic mass is 9.90. The summed E-state index contributed by atoms with van der Waals surface area (Å²) in [5.41, 5.74) is 32.5. The van der Waals surface area contributed by atoms with E-state index in [-0.39, 0.29) is 0 Å². The fraction of sp³-hybridized carbons (Fsp3) is 0.302. The SMILES string of the molecule is CN(C)CCn1ccc(Cc2ncc3c(n2)-c2c(cn(C)c2Cc2cccc(-c4cnn(C)c4)c2)CC3)n1.COCCn1ccc(Cc2ncc3c(n2)-c2c(cn(C)c2Cc2cccc(-c4cnn(C)c4)c2)CC3)n1.Cn1cc(-c2cccc(Cc3c4c(cn3C)CCc3cnc(Cc5ccn(C)n5)nc3-4)c2)cn1. The molecule has 3 aromatic carbocycles. The first-order valence-electron chi connectivity index (χ1n) is 37.5. The summed E-state index contributed by atoms with van der Waals surface area (Å²) in [5, 5.41) is 26.9. The normalized spacial score (nSPS) is 12.6. The molecule has 3 aliphatic carbocycles. The summed E-state index contributed by atoms with van der Waals surface area (Å²) in [6, 6.07) is 32.4. The first-order valence-corrected chi connectivity index (χ1v) is 37.5. The molecule has 0 saturated heterocycles. The van der Waals surface area contributed by atoms with E-state index in [9.17, 15) is 0 Å². The van der Waals surface area contributed by atoms with Gasteiger partial charge in [-0.05, 0) is 138 Å². The van der Waals surface area contributed by atoms with E-state index in [0.29, 0.717) is 25.9 Å². The van der Waals surface area contributed by atoms with Gasteiger partial charge in [-0.15, -0.1) is 0 Å². The standard InChI is InChI=1S/C30H34N8.C29H31N7O.C27H27N7/c1-35(2)12-13-38-11-10-26(34-38)16-28-31-17-23-8-9-24-19-36(3)27(29(24)30(23)33-28)15-21-6-5-7-22(14-21)25-18-32-37(4)20-25;1-34-18-23-8-7-22-16-30-27(15-25-9-10-36(33-25)11-12-37-3)32-29(22)28(23)26(34)14-20-5-4-6-21(13-20)24-17-31-35(2)19-24;1-32-16-21-8-7-20-14-28-25(13-23-9-10-33(2)31-23)30-27(20)26(21)24(32)12-18-5-4-6-19(11-18)22-15-29-34(3)17-22/h5-7,10-11,14,17-20H,8-9,12-13,15-16H2,1-4H3;4-6,9-10,13,16-19H,7-8,11-12,14-15H2,1-3H3;4-6,9-11,14-17H,7-8,12-13H2,1-3H3. The van der Waals surface area contributed by atoms with Crippen LogP contribution in [-0.2, 0) is 144 Å². The summed E-state index contributed by atoms with van der Waals surface area (Å²) >= 11 is 0. The van der Waals surface area contributed by atoms with Crippen molar-refractivity contribution >= 4 is 0 Å². The predicted molar refractivity (Wildman–Crippen MR) is 422 cm³/mol. The third-order valence-electron chi connectivity index (χ3n) is 21.1. The zero-order chi connectivity index (χ0) is 74.8. The maximum atomic E-state index is 5.16. The molecule has 12 heterocycles. The maximum absolute atomic E-state index is 5.16. The molecule has 0 amide bonds. The molecule has 109 heavy (non-hydrogen) atoms. The highest BCUT2D eigenvalue weighted by atomic mass is 16.5. The van der Waals surface area contributed by atoms with E-state index >= 15 is 0 Å². The van der Waals surface area contributed by atoms with Crippen LogP contribution in [0.25, 0.3) is 67.2 Å². The van der Waals surface area contributed by atoms with Crippen molar-refractivity contribution in [3.8, 4) is 67.2 Å². The van der Waals surface area contributed by atoms with Gasteiger partial charge in [-0.25, -0.2) is 29.9 Å². The monoisotopic (exact) mass is 1450 g/mol. The summed E-state index contributed by atoms with van der Waals surface area (Å²) in [7, 11) is 20.1. The summed E-state index contributed by atoms with van der Waals surface area (Å²) in [6.07, 6.45) is 41.2. The molecule has 0 unspecified atom stereocenters. The molecule has 552 valence electrons. The number of ether oxygens (including phenoxy) is 1. The Morgan fingerprint density at radius 2 is 0.725 bits per heavy atom. The third kappa shape index (κ3) is 15.9. The Morgan fingerprint density at radius 3 is 1.06 bits per heavy atom. The number of benzene rings is 3. The average Bonchev–Trinajstić information content (AvgIpc) is 1.64. The number of aromatic nitrogens is 21. The lowest BCUT2D eigenvalue weighted by Crippen LogP contribution is -2.18. The highest BCUT2D eigenvalue weighted by molar-refractivity contribution is 5.76. The van der Waals surface area contributed by atoms with E-state index in [0.717, 1.165) is 146 Å². The molecule has 0 atom stereocenters. The molecule has 0 aliphatic heterocycles. The van der Waals surface area contributed by atoms with Gasteiger partial charge in [0.2, 0.25) is 0 Å². The van der Waals surface area contributed by atoms with E-state index in [1.807, 2.05) is 124 Å². The van der Waals surface area contributed by atoms with Crippen LogP contribution in [0, 0.1) is 0 Å². The average molecular weight is 1450 g/mol. The van der Waals surface area contributed by atoms with Crippen molar-refractivity contribution in [3.63, 3.8) is 0 Å². The smallest absolute Gasteiger partial charge is 0.134 e. The highest BCUT2D eigenvalue weighted by Gasteiger charge is 2.29. The molecule has 0 saturated carbocycles. The fourth-order valence-corrected chi connectivity index (χ4v) is 15.5. The molecule has 23 heteroatoms. The van der Waals surface area contributed by atoms with Crippen LogP contribution in [0.5, 0.6) is 0 Å². The van der Waals surface area contributed by atoms with Crippen LogP contribution in [0.2, 0.25) is 0 Å². The largest absolute Gasteiger partial charge is 0.383 e. The molecule has 23 nitrogen and oxygen atoms in total. The second-order valence-corrected chi connectivity index (χ2v) is 29.5. The van der Waals surface area contributed by atoms with Gasteiger partial charge in [-0.2, -0.15) is 30.6 Å². The zero-order valence-electron chi connectivity index (χ0n) is 63.9. The van der Waals surface area contributed by atoms with E-state index < -0.39 is 0 Å². The van der Waals surface area contributed by atoms with Crippen LogP contribution in [0.15, 0.2) is 184 Å². The fourth-order valence-electron chi connectivity index (χ4n) is 15.5. The summed E-state index contributed by atoms with van der Waals surface area (Å²) in [5.74, 6) is 2.44. The van der Waals surface area contributed by atoms with Gasteiger partial charge in [0, 0.05) is 207 Å². The summed E-state index contributed by atoms with van der Waals surface area (Å²) in [4.78, 5) is 31.5. The molecule has 0 fully saturated rings. The van der Waals surface area contributed by atoms with Gasteiger partial charge in [0.25, 0.3) is 0 Å². The molecular formula is C86H92N22O. The van der Waals surface area contributed by atoms with Crippen molar-refractivity contribution in [2.75, 3.05) is 34.4 Å². The van der Waals surface area contributed by atoms with Gasteiger partial charge in [-0.3, -0.25) is 28.1 Å². The number of likely N-dealkylation sites (N-methyl/N-ethyl adjacent to an activating group) is 1. The molecule has 0 bridgehead atoms. The molecule has 0 N–H and O–H groups in total. The quantitative estimate of drug-likeness (QED) is 0.0655. The van der Waals surface area contributed by atoms with Crippen LogP contribution >= 0.6 is 0 Å². The van der Waals surface area contributed by atoms with Crippen molar-refractivity contribution in [2.24, 2.45) is 49.3 Å². The first-order chi connectivity index (χ1) is 53.0. The minimum Gasteiger partial charge on any atom is -0.383 e. The number of nitrogens with zero attached hydrogens (tertiary/aromatic N) is 22. The van der Waals surface area contributed by atoms with Crippen molar-refractivity contribution in [1.29, 1.82) is 0 Å². The van der Waals surface area contributed by atoms with Gasteiger partial charge in [0.15, 0.2) is 0 Å². The number of methoxy groups -OCH3 is 1. The van der Waals surface area contributed by atoms with Crippen molar-refractivity contribution < 1.29 is 4.74 Å². The van der Waals surface area contributed by atoms with Crippen molar-refractivity contribution in [1.82, 2.24) is 107 Å². The van der Waals surface area contributed by atoms with Crippen LogP contribution in [0.1, 0.15) is 102 Å². The lowest BCUT2D eigenvalue weighted by molar-refractivity contribution is 0.183. The molecular weight excluding hydrogens is 1360 g/mol. The Kier molecular flexibility index (Phi) is 20.3. The second-order valence-electron chi connectivity index (χ2n) is 29.5. The first kappa shape index (κ1) is 71.2. The Balaban J connectivity index is 0.000000125. The molecule has 3 aliphatic rings. The van der Waals surface area contributed by atoms with Crippen LogP contribution in [-0.4, -0.2) is 142 Å². The third-order valence-corrected chi connectivity index (χ3v) is 21.1. The van der Waals surface area contributed by atoms with Crippen LogP contribution in [0.4, 0.5) is 0 Å². The minimum atomic E-state index is 0.609. The Bertz CT molecular complexity index is 5750. The van der Waals surface area contributed by atoms with E-state index in [1.54, 1.807) is 7.11 Å². The molecule has 0 radical (unpaired) electrons. The molecule has 12 aromatic heterocycles. The summed E-state index contributed by atoms with van der Waals surface area (Å²) < 4.78 is 23.3. The van der Waals surface area contributed by atoms with E-state index in [4.69, 9.17) is 34.8 Å². The molecule has 18 rings (SSSR count). The number of aryl methyl sites for hydroxylation is 13. The summed E-state index contributed by atoms with van der Waals surface area (Å²) in [6.45, 7) is 3.21.